The van der Waals surface area contributed by atoms with E-state index < -0.39 is 10.0 Å². The van der Waals surface area contributed by atoms with Gasteiger partial charge in [0.1, 0.15) is 0 Å². The highest BCUT2D eigenvalue weighted by atomic mass is 32.2. The molecule has 2 aliphatic rings. The molecule has 2 aliphatic heterocycles. The van der Waals surface area contributed by atoms with Gasteiger partial charge in [0, 0.05) is 50.6 Å². The molecule has 0 aliphatic carbocycles. The number of piperazine rings is 1. The van der Waals surface area contributed by atoms with Crippen molar-refractivity contribution >= 4 is 21.4 Å². The number of hydrogen-bond acceptors (Lipinski definition) is 7. The van der Waals surface area contributed by atoms with Crippen LogP contribution in [0.25, 0.3) is 0 Å². The number of sulfonamides is 1. The van der Waals surface area contributed by atoms with Gasteiger partial charge in [0.15, 0.2) is 11.5 Å². The molecule has 4 rings (SSSR count). The molecule has 1 saturated heterocycles. The molecule has 0 unspecified atom stereocenters. The van der Waals surface area contributed by atoms with Crippen LogP contribution >= 0.6 is 11.3 Å². The smallest absolute Gasteiger partial charge is 0.243 e. The minimum absolute atomic E-state index is 0.259. The number of fused-ring (bicyclic) bond motifs is 1. The third-order valence-corrected chi connectivity index (χ3v) is 7.09. The van der Waals surface area contributed by atoms with Crippen molar-refractivity contribution in [2.24, 2.45) is 0 Å². The number of aromatic nitrogens is 1. The molecular weight excluding hydrogens is 374 g/mol. The van der Waals surface area contributed by atoms with Crippen LogP contribution in [0.4, 0.5) is 0 Å². The summed E-state index contributed by atoms with van der Waals surface area (Å²) in [6.07, 6.45) is 0.789. The molecule has 1 fully saturated rings. The molecular formula is C17H21N3O4S2. The molecule has 3 heterocycles. The second-order valence-electron chi connectivity index (χ2n) is 6.32. The molecule has 0 spiro atoms. The van der Waals surface area contributed by atoms with Crippen LogP contribution in [0.15, 0.2) is 34.0 Å². The first-order valence-corrected chi connectivity index (χ1v) is 11.0. The maximum absolute atomic E-state index is 13.0. The minimum atomic E-state index is -3.54. The Morgan fingerprint density at radius 1 is 1.08 bits per heavy atom. The molecule has 9 heteroatoms. The Hall–Kier alpha value is -1.68. The van der Waals surface area contributed by atoms with E-state index in [9.17, 15) is 8.42 Å². The molecule has 0 radical (unpaired) electrons. The summed E-state index contributed by atoms with van der Waals surface area (Å²) in [6.45, 7) is 4.22. The van der Waals surface area contributed by atoms with E-state index in [0.29, 0.717) is 50.9 Å². The lowest BCUT2D eigenvalue weighted by molar-refractivity contribution is 0.180. The second-order valence-corrected chi connectivity index (χ2v) is 8.98. The lowest BCUT2D eigenvalue weighted by Gasteiger charge is -2.33. The van der Waals surface area contributed by atoms with Crippen molar-refractivity contribution in [2.45, 2.75) is 17.9 Å². The van der Waals surface area contributed by atoms with E-state index in [-0.39, 0.29) is 4.90 Å². The molecule has 1 aromatic carbocycles. The molecule has 0 N–H and O–H groups in total. The quantitative estimate of drug-likeness (QED) is 0.786. The summed E-state index contributed by atoms with van der Waals surface area (Å²) >= 11 is 1.58. The van der Waals surface area contributed by atoms with Crippen LogP contribution in [0, 0.1) is 0 Å². The zero-order valence-corrected chi connectivity index (χ0v) is 16.0. The first kappa shape index (κ1) is 17.7. The van der Waals surface area contributed by atoms with E-state index in [4.69, 9.17) is 9.47 Å². The molecule has 7 nitrogen and oxygen atoms in total. The summed E-state index contributed by atoms with van der Waals surface area (Å²) in [6, 6.07) is 4.87. The zero-order chi connectivity index (χ0) is 18.0. The number of ether oxygens (including phenoxy) is 2. The van der Waals surface area contributed by atoms with Gasteiger partial charge in [-0.15, -0.1) is 11.3 Å². The Labute approximate surface area is 157 Å². The van der Waals surface area contributed by atoms with Gasteiger partial charge in [0.05, 0.1) is 29.3 Å². The van der Waals surface area contributed by atoms with Gasteiger partial charge in [-0.25, -0.2) is 13.4 Å². The van der Waals surface area contributed by atoms with Crippen LogP contribution in [0.5, 0.6) is 11.5 Å². The fourth-order valence-corrected chi connectivity index (χ4v) is 5.11. The standard InChI is InChI=1S/C17H21N3O4S2/c21-26(22,15-2-3-16-17(10-15)24-9-1-8-23-16)20-6-4-19(5-7-20)11-14-12-25-13-18-14/h2-3,10,12-13H,1,4-9,11H2. The van der Waals surface area contributed by atoms with E-state index in [2.05, 4.69) is 9.88 Å². The number of hydrogen-bond donors (Lipinski definition) is 0. The van der Waals surface area contributed by atoms with Crippen molar-refractivity contribution in [3.63, 3.8) is 0 Å². The van der Waals surface area contributed by atoms with Gasteiger partial charge in [-0.1, -0.05) is 0 Å². The Morgan fingerprint density at radius 2 is 1.85 bits per heavy atom. The summed E-state index contributed by atoms with van der Waals surface area (Å²) in [4.78, 5) is 6.78. The molecule has 26 heavy (non-hydrogen) atoms. The number of thiazole rings is 1. The summed E-state index contributed by atoms with van der Waals surface area (Å²) in [5.41, 5.74) is 2.86. The summed E-state index contributed by atoms with van der Waals surface area (Å²) in [5, 5.41) is 2.03. The first-order valence-electron chi connectivity index (χ1n) is 8.62. The van der Waals surface area contributed by atoms with Crippen LogP contribution in [-0.2, 0) is 16.6 Å². The average molecular weight is 396 g/mol. The summed E-state index contributed by atoms with van der Waals surface area (Å²) in [7, 11) is -3.54. The van der Waals surface area contributed by atoms with E-state index in [1.54, 1.807) is 33.8 Å². The van der Waals surface area contributed by atoms with Gasteiger partial charge in [-0.05, 0) is 12.1 Å². The van der Waals surface area contributed by atoms with Crippen LogP contribution in [0.2, 0.25) is 0 Å². The lowest BCUT2D eigenvalue weighted by atomic mass is 10.3. The van der Waals surface area contributed by atoms with Crippen molar-refractivity contribution in [2.75, 3.05) is 39.4 Å². The molecule has 0 saturated carbocycles. The van der Waals surface area contributed by atoms with E-state index in [1.807, 2.05) is 10.9 Å². The zero-order valence-electron chi connectivity index (χ0n) is 14.3. The highest BCUT2D eigenvalue weighted by Crippen LogP contribution is 2.33. The van der Waals surface area contributed by atoms with Gasteiger partial charge < -0.3 is 9.47 Å². The van der Waals surface area contributed by atoms with Crippen LogP contribution in [0.3, 0.4) is 0 Å². The highest BCUT2D eigenvalue weighted by molar-refractivity contribution is 7.89. The van der Waals surface area contributed by atoms with Crippen molar-refractivity contribution in [1.82, 2.24) is 14.2 Å². The molecule has 0 atom stereocenters. The van der Waals surface area contributed by atoms with Crippen LogP contribution in [0.1, 0.15) is 12.1 Å². The maximum Gasteiger partial charge on any atom is 0.243 e. The number of benzene rings is 1. The normalized spacial score (nSPS) is 19.2. The Balaban J connectivity index is 1.45. The van der Waals surface area contributed by atoms with Gasteiger partial charge in [-0.2, -0.15) is 4.31 Å². The van der Waals surface area contributed by atoms with E-state index in [1.165, 1.54) is 0 Å². The summed E-state index contributed by atoms with van der Waals surface area (Å²) < 4.78 is 38.7. The monoisotopic (exact) mass is 395 g/mol. The molecule has 0 amide bonds. The third-order valence-electron chi connectivity index (χ3n) is 4.56. The van der Waals surface area contributed by atoms with Gasteiger partial charge in [-0.3, -0.25) is 4.90 Å². The molecule has 1 aromatic heterocycles. The number of rotatable bonds is 4. The van der Waals surface area contributed by atoms with Crippen molar-refractivity contribution < 1.29 is 17.9 Å². The first-order chi connectivity index (χ1) is 12.6. The fourth-order valence-electron chi connectivity index (χ4n) is 3.13. The van der Waals surface area contributed by atoms with Gasteiger partial charge >= 0.3 is 0 Å². The van der Waals surface area contributed by atoms with E-state index >= 15 is 0 Å². The second kappa shape index (κ2) is 7.51. The Bertz CT molecular complexity index is 847. The van der Waals surface area contributed by atoms with Crippen molar-refractivity contribution in [3.05, 3.63) is 34.8 Å². The summed E-state index contributed by atoms with van der Waals surface area (Å²) in [5.74, 6) is 1.11. The SMILES string of the molecule is O=S(=O)(c1ccc2c(c1)OCCCO2)N1CCN(Cc2cscn2)CC1. The third kappa shape index (κ3) is 3.71. The highest BCUT2D eigenvalue weighted by Gasteiger charge is 2.29. The lowest BCUT2D eigenvalue weighted by Crippen LogP contribution is -2.48. The molecule has 140 valence electrons. The maximum atomic E-state index is 13.0. The average Bonchev–Trinajstić information content (AvgIpc) is 3.04. The number of nitrogens with zero attached hydrogens (tertiary/aromatic N) is 3. The van der Waals surface area contributed by atoms with Crippen LogP contribution in [-0.4, -0.2) is 62.0 Å². The fraction of sp³-hybridized carbons (Fsp3) is 0.471. The van der Waals surface area contributed by atoms with Crippen molar-refractivity contribution in [3.8, 4) is 11.5 Å². The van der Waals surface area contributed by atoms with Gasteiger partial charge in [0.2, 0.25) is 10.0 Å². The minimum Gasteiger partial charge on any atom is -0.490 e. The van der Waals surface area contributed by atoms with Crippen molar-refractivity contribution in [1.29, 1.82) is 0 Å². The predicted octanol–water partition coefficient (Wildman–Crippen LogP) is 1.81. The predicted molar refractivity (Wildman–Crippen MR) is 98.2 cm³/mol. The van der Waals surface area contributed by atoms with E-state index in [0.717, 1.165) is 18.7 Å². The molecule has 2 aromatic rings. The Morgan fingerprint density at radius 3 is 2.58 bits per heavy atom. The Kier molecular flexibility index (Phi) is 5.12. The molecule has 0 bridgehead atoms. The van der Waals surface area contributed by atoms with Gasteiger partial charge in [0.25, 0.3) is 0 Å². The largest absolute Gasteiger partial charge is 0.490 e. The topological polar surface area (TPSA) is 72.0 Å². The van der Waals surface area contributed by atoms with Crippen LogP contribution < -0.4 is 9.47 Å².